The summed E-state index contributed by atoms with van der Waals surface area (Å²) in [4.78, 5) is 12.6. The molecule has 1 aliphatic rings. The second kappa shape index (κ2) is 4.93. The standard InChI is InChI=1S/C18H20O2/c1-11-12(2)20-13(3)17(11)18(19)16-9-7-15(8-10-16)14-5-4-6-14/h7-10,14H,4-6H2,1-3H3. The first kappa shape index (κ1) is 13.2. The first-order valence-corrected chi connectivity index (χ1v) is 7.29. The Morgan fingerprint density at radius 2 is 1.70 bits per heavy atom. The van der Waals surface area contributed by atoms with Crippen molar-refractivity contribution in [3.63, 3.8) is 0 Å². The van der Waals surface area contributed by atoms with Crippen molar-refractivity contribution in [3.8, 4) is 0 Å². The summed E-state index contributed by atoms with van der Waals surface area (Å²) in [7, 11) is 0. The highest BCUT2D eigenvalue weighted by Crippen LogP contribution is 2.36. The quantitative estimate of drug-likeness (QED) is 0.755. The van der Waals surface area contributed by atoms with Gasteiger partial charge in [-0.3, -0.25) is 4.79 Å². The third-order valence-electron chi connectivity index (χ3n) is 4.54. The summed E-state index contributed by atoms with van der Waals surface area (Å²) in [6.07, 6.45) is 3.90. The van der Waals surface area contributed by atoms with E-state index >= 15 is 0 Å². The minimum atomic E-state index is 0.0667. The summed E-state index contributed by atoms with van der Waals surface area (Å²) >= 11 is 0. The van der Waals surface area contributed by atoms with Crippen molar-refractivity contribution < 1.29 is 9.21 Å². The van der Waals surface area contributed by atoms with E-state index in [0.717, 1.165) is 22.5 Å². The van der Waals surface area contributed by atoms with E-state index in [2.05, 4.69) is 12.1 Å². The van der Waals surface area contributed by atoms with E-state index in [1.807, 2.05) is 32.9 Å². The Morgan fingerprint density at radius 3 is 2.15 bits per heavy atom. The summed E-state index contributed by atoms with van der Waals surface area (Å²) in [5.41, 5.74) is 3.79. The van der Waals surface area contributed by atoms with E-state index in [-0.39, 0.29) is 5.78 Å². The normalized spacial score (nSPS) is 15.2. The number of furan rings is 1. The Kier molecular flexibility index (Phi) is 3.25. The number of aryl methyl sites for hydroxylation is 2. The van der Waals surface area contributed by atoms with Crippen LogP contribution in [0.1, 0.15) is 63.7 Å². The molecule has 1 aromatic carbocycles. The molecule has 0 bridgehead atoms. The molecule has 0 atom stereocenters. The molecule has 1 saturated carbocycles. The van der Waals surface area contributed by atoms with Crippen molar-refractivity contribution in [2.45, 2.75) is 46.0 Å². The molecule has 0 unspecified atom stereocenters. The van der Waals surface area contributed by atoms with Gasteiger partial charge in [-0.25, -0.2) is 0 Å². The Balaban J connectivity index is 1.90. The van der Waals surface area contributed by atoms with Crippen molar-refractivity contribution in [1.82, 2.24) is 0 Å². The average molecular weight is 268 g/mol. The van der Waals surface area contributed by atoms with Crippen LogP contribution in [0.25, 0.3) is 0 Å². The molecule has 2 heteroatoms. The number of hydrogen-bond acceptors (Lipinski definition) is 2. The largest absolute Gasteiger partial charge is 0.466 e. The lowest BCUT2D eigenvalue weighted by Crippen LogP contribution is -2.09. The Hall–Kier alpha value is -1.83. The Bertz CT molecular complexity index is 643. The minimum absolute atomic E-state index is 0.0667. The molecule has 104 valence electrons. The molecule has 1 fully saturated rings. The van der Waals surface area contributed by atoms with E-state index in [9.17, 15) is 4.79 Å². The molecule has 2 aromatic rings. The van der Waals surface area contributed by atoms with E-state index < -0.39 is 0 Å². The van der Waals surface area contributed by atoms with Gasteiger partial charge in [0.15, 0.2) is 5.78 Å². The molecule has 1 aliphatic carbocycles. The summed E-state index contributed by atoms with van der Waals surface area (Å²) in [6.45, 7) is 5.70. The molecule has 1 heterocycles. The number of carbonyl (C=O) groups is 1. The molecule has 0 N–H and O–H groups in total. The zero-order chi connectivity index (χ0) is 14.3. The van der Waals surface area contributed by atoms with Crippen LogP contribution in [0.4, 0.5) is 0 Å². The number of ketones is 1. The third-order valence-corrected chi connectivity index (χ3v) is 4.54. The van der Waals surface area contributed by atoms with Gasteiger partial charge >= 0.3 is 0 Å². The van der Waals surface area contributed by atoms with Gasteiger partial charge in [-0.05, 0) is 45.1 Å². The first-order chi connectivity index (χ1) is 9.58. The predicted octanol–water partition coefficient (Wildman–Crippen LogP) is 4.70. The molecule has 20 heavy (non-hydrogen) atoms. The summed E-state index contributed by atoms with van der Waals surface area (Å²) < 4.78 is 5.56. The van der Waals surface area contributed by atoms with Crippen LogP contribution >= 0.6 is 0 Å². The number of carbonyl (C=O) groups excluding carboxylic acids is 1. The lowest BCUT2D eigenvalue weighted by molar-refractivity contribution is 0.103. The molecule has 0 spiro atoms. The maximum absolute atomic E-state index is 12.6. The zero-order valence-corrected chi connectivity index (χ0v) is 12.3. The van der Waals surface area contributed by atoms with E-state index in [0.29, 0.717) is 11.7 Å². The SMILES string of the molecule is Cc1oc(C)c(C(=O)c2ccc(C3CCC3)cc2)c1C. The maximum Gasteiger partial charge on any atom is 0.196 e. The van der Waals surface area contributed by atoms with Crippen LogP contribution in [0, 0.1) is 20.8 Å². The highest BCUT2D eigenvalue weighted by Gasteiger charge is 2.22. The predicted molar refractivity (Wildman–Crippen MR) is 79.4 cm³/mol. The molecule has 0 saturated heterocycles. The highest BCUT2D eigenvalue weighted by atomic mass is 16.3. The molecule has 0 aliphatic heterocycles. The second-order valence-electron chi connectivity index (χ2n) is 5.79. The van der Waals surface area contributed by atoms with E-state index in [1.165, 1.54) is 24.8 Å². The third kappa shape index (κ3) is 2.09. The molecule has 3 rings (SSSR count). The lowest BCUT2D eigenvalue weighted by atomic mass is 9.80. The maximum atomic E-state index is 12.6. The highest BCUT2D eigenvalue weighted by molar-refractivity contribution is 6.10. The van der Waals surface area contributed by atoms with Gasteiger partial charge in [0.25, 0.3) is 0 Å². The zero-order valence-electron chi connectivity index (χ0n) is 12.3. The van der Waals surface area contributed by atoms with Gasteiger partial charge in [0.05, 0.1) is 5.56 Å². The van der Waals surface area contributed by atoms with Gasteiger partial charge in [-0.2, -0.15) is 0 Å². The summed E-state index contributed by atoms with van der Waals surface area (Å²) in [6, 6.07) is 8.12. The number of hydrogen-bond donors (Lipinski definition) is 0. The van der Waals surface area contributed by atoms with Gasteiger partial charge in [-0.15, -0.1) is 0 Å². The van der Waals surface area contributed by atoms with Gasteiger partial charge in [0, 0.05) is 11.1 Å². The van der Waals surface area contributed by atoms with Crippen LogP contribution in [0.5, 0.6) is 0 Å². The van der Waals surface area contributed by atoms with Crippen LogP contribution in [0.3, 0.4) is 0 Å². The van der Waals surface area contributed by atoms with E-state index in [4.69, 9.17) is 4.42 Å². The van der Waals surface area contributed by atoms with Crippen LogP contribution in [-0.2, 0) is 0 Å². The topological polar surface area (TPSA) is 30.2 Å². The fourth-order valence-electron chi connectivity index (χ4n) is 2.92. The van der Waals surface area contributed by atoms with Crippen molar-refractivity contribution in [1.29, 1.82) is 0 Å². The lowest BCUT2D eigenvalue weighted by Gasteiger charge is -2.25. The Labute approximate surface area is 119 Å². The van der Waals surface area contributed by atoms with Crippen LogP contribution in [0.2, 0.25) is 0 Å². The minimum Gasteiger partial charge on any atom is -0.466 e. The van der Waals surface area contributed by atoms with Crippen LogP contribution < -0.4 is 0 Å². The van der Waals surface area contributed by atoms with Crippen molar-refractivity contribution in [2.24, 2.45) is 0 Å². The molecular formula is C18H20O2. The van der Waals surface area contributed by atoms with Gasteiger partial charge in [0.1, 0.15) is 11.5 Å². The molecule has 1 aromatic heterocycles. The average Bonchev–Trinajstić information content (AvgIpc) is 2.61. The first-order valence-electron chi connectivity index (χ1n) is 7.29. The molecule has 2 nitrogen and oxygen atoms in total. The smallest absolute Gasteiger partial charge is 0.196 e. The van der Waals surface area contributed by atoms with Crippen LogP contribution in [-0.4, -0.2) is 5.78 Å². The fourth-order valence-corrected chi connectivity index (χ4v) is 2.92. The van der Waals surface area contributed by atoms with Crippen molar-refractivity contribution in [2.75, 3.05) is 0 Å². The van der Waals surface area contributed by atoms with E-state index in [1.54, 1.807) is 0 Å². The van der Waals surface area contributed by atoms with Gasteiger partial charge in [0.2, 0.25) is 0 Å². The molecular weight excluding hydrogens is 248 g/mol. The van der Waals surface area contributed by atoms with Gasteiger partial charge in [-0.1, -0.05) is 30.7 Å². The molecule has 0 amide bonds. The number of benzene rings is 1. The Morgan fingerprint density at radius 1 is 1.05 bits per heavy atom. The summed E-state index contributed by atoms with van der Waals surface area (Å²) in [5, 5.41) is 0. The molecule has 0 radical (unpaired) electrons. The monoisotopic (exact) mass is 268 g/mol. The van der Waals surface area contributed by atoms with Crippen molar-refractivity contribution >= 4 is 5.78 Å². The number of rotatable bonds is 3. The van der Waals surface area contributed by atoms with Crippen LogP contribution in [0.15, 0.2) is 28.7 Å². The fraction of sp³-hybridized carbons (Fsp3) is 0.389. The second-order valence-corrected chi connectivity index (χ2v) is 5.79. The summed E-state index contributed by atoms with van der Waals surface area (Å²) in [5.74, 6) is 2.32. The van der Waals surface area contributed by atoms with Crippen molar-refractivity contribution in [3.05, 3.63) is 58.0 Å². The van der Waals surface area contributed by atoms with Gasteiger partial charge < -0.3 is 4.42 Å².